The first kappa shape index (κ1) is 35.6. The highest BCUT2D eigenvalue weighted by molar-refractivity contribution is 5.83. The van der Waals surface area contributed by atoms with E-state index in [9.17, 15) is 9.59 Å². The highest BCUT2D eigenvalue weighted by Crippen LogP contribution is 2.54. The molecule has 4 aromatic rings. The monoisotopic (exact) mass is 646 g/mol. The molecule has 1 aliphatic carbocycles. The number of hydrogen-bond donors (Lipinski definition) is 0. The second-order valence-electron chi connectivity index (χ2n) is 13.6. The summed E-state index contributed by atoms with van der Waals surface area (Å²) in [6, 6.07) is 28.6. The summed E-state index contributed by atoms with van der Waals surface area (Å²) >= 11 is 0. The van der Waals surface area contributed by atoms with Gasteiger partial charge in [-0.05, 0) is 83.6 Å². The molecular formula is C47H50O2. The highest BCUT2D eigenvalue weighted by atomic mass is 16.1. The van der Waals surface area contributed by atoms with E-state index < -0.39 is 0 Å². The Morgan fingerprint density at radius 3 is 1.27 bits per heavy atom. The fourth-order valence-electron chi connectivity index (χ4n) is 7.40. The Morgan fingerprint density at radius 2 is 0.857 bits per heavy atom. The van der Waals surface area contributed by atoms with Crippen molar-refractivity contribution < 1.29 is 9.59 Å². The molecule has 0 heterocycles. The Morgan fingerprint density at radius 1 is 0.469 bits per heavy atom. The van der Waals surface area contributed by atoms with Gasteiger partial charge in [-0.1, -0.05) is 151 Å². The van der Waals surface area contributed by atoms with Crippen LogP contribution in [0.15, 0.2) is 84.9 Å². The Labute approximate surface area is 294 Å². The molecule has 2 heteroatoms. The van der Waals surface area contributed by atoms with Crippen LogP contribution in [-0.2, 0) is 5.41 Å². The second-order valence-corrected chi connectivity index (χ2v) is 13.6. The van der Waals surface area contributed by atoms with Gasteiger partial charge in [0.25, 0.3) is 0 Å². The van der Waals surface area contributed by atoms with Crippen molar-refractivity contribution >= 4 is 12.6 Å². The summed E-state index contributed by atoms with van der Waals surface area (Å²) in [7, 11) is 0. The van der Waals surface area contributed by atoms with E-state index in [-0.39, 0.29) is 5.41 Å². The van der Waals surface area contributed by atoms with Crippen LogP contribution in [0.2, 0.25) is 0 Å². The average Bonchev–Trinajstić information content (AvgIpc) is 3.41. The molecule has 0 atom stereocenters. The van der Waals surface area contributed by atoms with E-state index in [1.165, 1.54) is 99.3 Å². The van der Waals surface area contributed by atoms with E-state index >= 15 is 0 Å². The number of carbonyl (C=O) groups is 2. The molecule has 0 aliphatic heterocycles. The normalized spacial score (nSPS) is 12.2. The number of aldehydes is 2. The summed E-state index contributed by atoms with van der Waals surface area (Å²) in [6.07, 6.45) is 19.2. The Kier molecular flexibility index (Phi) is 13.2. The smallest absolute Gasteiger partial charge is 0.150 e. The van der Waals surface area contributed by atoms with Gasteiger partial charge in [-0.15, -0.1) is 0 Å². The summed E-state index contributed by atoms with van der Waals surface area (Å²) in [5.41, 5.74) is 10.3. The molecule has 0 saturated carbocycles. The first-order valence-electron chi connectivity index (χ1n) is 18.5. The van der Waals surface area contributed by atoms with Crippen LogP contribution >= 0.6 is 0 Å². The van der Waals surface area contributed by atoms with Crippen molar-refractivity contribution in [3.63, 3.8) is 0 Å². The standard InChI is InChI=1S/C47H50O2/c1-3-5-7-9-11-13-29-47(30-14-12-10-8-6-4-2)45-33-39(23-21-37-17-15-19-41(31-37)35-48)25-27-43(45)44-28-26-40(34-46(44)47)24-22-38-18-16-20-42(32-38)36-49/h15-20,25-28,31-36H,3-14,29-30H2,1-2H3. The van der Waals surface area contributed by atoms with Gasteiger partial charge < -0.3 is 0 Å². The maximum atomic E-state index is 11.4. The van der Waals surface area contributed by atoms with Crippen molar-refractivity contribution in [3.05, 3.63) is 129 Å². The van der Waals surface area contributed by atoms with Gasteiger partial charge in [-0.3, -0.25) is 9.59 Å². The Balaban J connectivity index is 1.55. The summed E-state index contributed by atoms with van der Waals surface area (Å²) in [4.78, 5) is 22.7. The van der Waals surface area contributed by atoms with Crippen LogP contribution in [0.5, 0.6) is 0 Å². The Hall–Kier alpha value is -4.66. The molecule has 0 spiro atoms. The SMILES string of the molecule is CCCCCCCCC1(CCCCCCCC)c2cc(C#Cc3cccc(C=O)c3)ccc2-c2ccc(C#Cc3cccc(C=O)c3)cc21. The zero-order valence-corrected chi connectivity index (χ0v) is 29.5. The highest BCUT2D eigenvalue weighted by Gasteiger charge is 2.42. The van der Waals surface area contributed by atoms with Crippen molar-refractivity contribution in [2.75, 3.05) is 0 Å². The third-order valence-electron chi connectivity index (χ3n) is 10.0. The number of rotatable bonds is 16. The van der Waals surface area contributed by atoms with Crippen molar-refractivity contribution in [2.45, 2.75) is 109 Å². The number of benzene rings is 4. The fraction of sp³-hybridized carbons (Fsp3) is 0.362. The number of unbranched alkanes of at least 4 members (excludes halogenated alkanes) is 10. The van der Waals surface area contributed by atoms with Crippen molar-refractivity contribution in [3.8, 4) is 34.8 Å². The number of fused-ring (bicyclic) bond motifs is 3. The van der Waals surface area contributed by atoms with Gasteiger partial charge in [0.1, 0.15) is 12.6 Å². The summed E-state index contributed by atoms with van der Waals surface area (Å²) in [6.45, 7) is 4.56. The lowest BCUT2D eigenvalue weighted by Gasteiger charge is -2.33. The summed E-state index contributed by atoms with van der Waals surface area (Å²) in [5, 5.41) is 0. The minimum absolute atomic E-state index is 0.0928. The maximum absolute atomic E-state index is 11.4. The van der Waals surface area contributed by atoms with Crippen LogP contribution in [0.3, 0.4) is 0 Å². The van der Waals surface area contributed by atoms with Gasteiger partial charge in [0.05, 0.1) is 0 Å². The molecule has 0 unspecified atom stereocenters. The fourth-order valence-corrected chi connectivity index (χ4v) is 7.40. The van der Waals surface area contributed by atoms with Gasteiger partial charge >= 0.3 is 0 Å². The second kappa shape index (κ2) is 18.2. The van der Waals surface area contributed by atoms with Crippen molar-refractivity contribution in [1.82, 2.24) is 0 Å². The molecule has 250 valence electrons. The van der Waals surface area contributed by atoms with E-state index in [4.69, 9.17) is 0 Å². The average molecular weight is 647 g/mol. The lowest BCUT2D eigenvalue weighted by Crippen LogP contribution is -2.26. The predicted octanol–water partition coefficient (Wildman–Crippen LogP) is 11.9. The molecule has 4 aromatic carbocycles. The predicted molar refractivity (Wildman–Crippen MR) is 204 cm³/mol. The van der Waals surface area contributed by atoms with E-state index in [2.05, 4.69) is 73.9 Å². The topological polar surface area (TPSA) is 34.1 Å². The van der Waals surface area contributed by atoms with Crippen LogP contribution in [0.1, 0.15) is 158 Å². The lowest BCUT2D eigenvalue weighted by atomic mass is 9.70. The minimum atomic E-state index is -0.0928. The summed E-state index contributed by atoms with van der Waals surface area (Å²) in [5.74, 6) is 13.5. The third-order valence-corrected chi connectivity index (χ3v) is 10.0. The van der Waals surface area contributed by atoms with Gasteiger partial charge in [0.2, 0.25) is 0 Å². The van der Waals surface area contributed by atoms with E-state index in [1.807, 2.05) is 48.5 Å². The quantitative estimate of drug-likeness (QED) is 0.0689. The molecule has 0 fully saturated rings. The number of hydrogen-bond acceptors (Lipinski definition) is 2. The van der Waals surface area contributed by atoms with Crippen molar-refractivity contribution in [2.24, 2.45) is 0 Å². The van der Waals surface area contributed by atoms with E-state index in [1.54, 1.807) is 0 Å². The van der Waals surface area contributed by atoms with Gasteiger partial charge in [0, 0.05) is 38.8 Å². The molecule has 5 rings (SSSR count). The Bertz CT molecular complexity index is 1720. The van der Waals surface area contributed by atoms with E-state index in [0.717, 1.165) is 47.7 Å². The first-order valence-corrected chi connectivity index (χ1v) is 18.5. The lowest BCUT2D eigenvalue weighted by molar-refractivity contribution is 0.111. The molecule has 49 heavy (non-hydrogen) atoms. The molecule has 0 radical (unpaired) electrons. The molecule has 0 amide bonds. The molecule has 0 bridgehead atoms. The molecule has 0 N–H and O–H groups in total. The van der Waals surface area contributed by atoms with Crippen LogP contribution < -0.4 is 0 Å². The van der Waals surface area contributed by atoms with Gasteiger partial charge in [-0.2, -0.15) is 0 Å². The largest absolute Gasteiger partial charge is 0.298 e. The molecule has 1 aliphatic rings. The zero-order valence-electron chi connectivity index (χ0n) is 29.5. The minimum Gasteiger partial charge on any atom is -0.298 e. The summed E-state index contributed by atoms with van der Waals surface area (Å²) < 4.78 is 0. The third kappa shape index (κ3) is 9.28. The van der Waals surface area contributed by atoms with Crippen LogP contribution in [0, 0.1) is 23.7 Å². The van der Waals surface area contributed by atoms with Crippen LogP contribution in [-0.4, -0.2) is 12.6 Å². The van der Waals surface area contributed by atoms with Crippen molar-refractivity contribution in [1.29, 1.82) is 0 Å². The maximum Gasteiger partial charge on any atom is 0.150 e. The molecular weight excluding hydrogens is 597 g/mol. The number of carbonyl (C=O) groups excluding carboxylic acids is 2. The van der Waals surface area contributed by atoms with Gasteiger partial charge in [0.15, 0.2) is 0 Å². The van der Waals surface area contributed by atoms with E-state index in [0.29, 0.717) is 11.1 Å². The van der Waals surface area contributed by atoms with Crippen LogP contribution in [0.4, 0.5) is 0 Å². The van der Waals surface area contributed by atoms with Crippen LogP contribution in [0.25, 0.3) is 11.1 Å². The van der Waals surface area contributed by atoms with Gasteiger partial charge in [-0.25, -0.2) is 0 Å². The molecule has 0 aromatic heterocycles. The zero-order chi connectivity index (χ0) is 34.3. The molecule has 0 saturated heterocycles. The first-order chi connectivity index (χ1) is 24.1. The molecule has 2 nitrogen and oxygen atoms in total.